The molecule has 1 rings (SSSR count). The Hall–Kier alpha value is -1.13. The van der Waals surface area contributed by atoms with Crippen LogP contribution in [0, 0.1) is 11.3 Å². The van der Waals surface area contributed by atoms with E-state index in [1.807, 2.05) is 6.08 Å². The number of nitrogens with two attached hydrogens (primary N) is 2. The van der Waals surface area contributed by atoms with E-state index in [1.165, 1.54) is 0 Å². The lowest BCUT2D eigenvalue weighted by atomic mass is 9.79. The summed E-state index contributed by atoms with van der Waals surface area (Å²) in [5, 5.41) is 9.80. The summed E-state index contributed by atoms with van der Waals surface area (Å²) in [5.41, 5.74) is 13.2. The molecule has 0 aliphatic heterocycles. The van der Waals surface area contributed by atoms with Crippen molar-refractivity contribution in [1.82, 2.24) is 0 Å². The third kappa shape index (κ3) is 4.48. The highest BCUT2D eigenvalue weighted by atomic mass is 16.3. The molecule has 1 aliphatic carbocycles. The van der Waals surface area contributed by atoms with E-state index in [0.717, 1.165) is 11.1 Å². The zero-order valence-corrected chi connectivity index (χ0v) is 12.1. The minimum Gasteiger partial charge on any atom is -0.393 e. The van der Waals surface area contributed by atoms with Crippen molar-refractivity contribution in [2.75, 3.05) is 0 Å². The van der Waals surface area contributed by atoms with E-state index < -0.39 is 6.10 Å². The van der Waals surface area contributed by atoms with E-state index in [-0.39, 0.29) is 23.3 Å². The van der Waals surface area contributed by atoms with Gasteiger partial charge in [0.1, 0.15) is 0 Å². The number of amides is 1. The number of primary amides is 1. The second-order valence-electron chi connectivity index (χ2n) is 6.62. The Morgan fingerprint density at radius 3 is 2.53 bits per heavy atom. The molecule has 0 aromatic carbocycles. The molecule has 1 saturated carbocycles. The summed E-state index contributed by atoms with van der Waals surface area (Å²) in [6, 6.07) is -0.147. The molecule has 19 heavy (non-hydrogen) atoms. The first-order valence-electron chi connectivity index (χ1n) is 6.72. The fourth-order valence-corrected chi connectivity index (χ4v) is 2.44. The summed E-state index contributed by atoms with van der Waals surface area (Å²) >= 11 is 0. The van der Waals surface area contributed by atoms with Crippen LogP contribution in [0.15, 0.2) is 23.8 Å². The number of rotatable bonds is 3. The molecule has 3 atom stereocenters. The molecule has 0 saturated heterocycles. The quantitative estimate of drug-likeness (QED) is 0.723. The molecule has 1 amide bonds. The summed E-state index contributed by atoms with van der Waals surface area (Å²) in [6.45, 7) is 10.2. The summed E-state index contributed by atoms with van der Waals surface area (Å²) < 4.78 is 0. The third-order valence-electron chi connectivity index (χ3n) is 3.69. The van der Waals surface area contributed by atoms with Crippen LogP contribution in [-0.2, 0) is 4.79 Å². The Balaban J connectivity index is 2.81. The van der Waals surface area contributed by atoms with Crippen LogP contribution < -0.4 is 11.5 Å². The van der Waals surface area contributed by atoms with Gasteiger partial charge in [0, 0.05) is 12.0 Å². The van der Waals surface area contributed by atoms with E-state index in [4.69, 9.17) is 11.5 Å². The minimum atomic E-state index is -0.504. The average Bonchev–Trinajstić information content (AvgIpc) is 2.25. The van der Waals surface area contributed by atoms with E-state index in [0.29, 0.717) is 19.3 Å². The van der Waals surface area contributed by atoms with E-state index in [2.05, 4.69) is 27.4 Å². The maximum Gasteiger partial charge on any atom is 0.220 e. The molecular weight excluding hydrogens is 240 g/mol. The number of carbonyl (C=O) groups excluding carboxylic acids is 1. The molecule has 0 spiro atoms. The van der Waals surface area contributed by atoms with Gasteiger partial charge in [0.25, 0.3) is 0 Å². The summed E-state index contributed by atoms with van der Waals surface area (Å²) in [5.74, 6) is -0.635. The summed E-state index contributed by atoms with van der Waals surface area (Å²) in [4.78, 5) is 11.3. The zero-order valence-electron chi connectivity index (χ0n) is 12.1. The van der Waals surface area contributed by atoms with Crippen molar-refractivity contribution in [2.24, 2.45) is 22.8 Å². The first kappa shape index (κ1) is 15.9. The van der Waals surface area contributed by atoms with Gasteiger partial charge in [-0.3, -0.25) is 4.79 Å². The van der Waals surface area contributed by atoms with Crippen LogP contribution in [0.2, 0.25) is 0 Å². The van der Waals surface area contributed by atoms with Crippen LogP contribution in [0.4, 0.5) is 0 Å². The highest BCUT2D eigenvalue weighted by molar-refractivity contribution is 5.77. The normalized spacial score (nSPS) is 28.2. The zero-order chi connectivity index (χ0) is 14.8. The summed E-state index contributed by atoms with van der Waals surface area (Å²) in [6.07, 6.45) is 3.04. The van der Waals surface area contributed by atoms with Crippen LogP contribution in [-0.4, -0.2) is 23.2 Å². The maximum absolute atomic E-state index is 11.3. The minimum absolute atomic E-state index is 0.0650. The molecule has 0 radical (unpaired) electrons. The van der Waals surface area contributed by atoms with Gasteiger partial charge in [-0.25, -0.2) is 0 Å². The molecule has 4 heteroatoms. The lowest BCUT2D eigenvalue weighted by Gasteiger charge is -2.30. The molecule has 4 nitrogen and oxygen atoms in total. The molecular formula is C15H26N2O2. The van der Waals surface area contributed by atoms with Crippen molar-refractivity contribution in [3.8, 4) is 0 Å². The molecule has 1 aliphatic rings. The van der Waals surface area contributed by atoms with Gasteiger partial charge in [-0.05, 0) is 30.3 Å². The number of hydrogen-bond acceptors (Lipinski definition) is 3. The van der Waals surface area contributed by atoms with Crippen molar-refractivity contribution in [3.63, 3.8) is 0 Å². The Morgan fingerprint density at radius 1 is 1.47 bits per heavy atom. The topological polar surface area (TPSA) is 89.3 Å². The number of carbonyl (C=O) groups is 1. The molecule has 0 aromatic heterocycles. The second-order valence-corrected chi connectivity index (χ2v) is 6.62. The number of hydrogen-bond donors (Lipinski definition) is 3. The van der Waals surface area contributed by atoms with Gasteiger partial charge < -0.3 is 16.6 Å². The van der Waals surface area contributed by atoms with Crippen molar-refractivity contribution < 1.29 is 9.90 Å². The lowest BCUT2D eigenvalue weighted by molar-refractivity contribution is -0.123. The first-order chi connectivity index (χ1) is 8.61. The fourth-order valence-electron chi connectivity index (χ4n) is 2.44. The van der Waals surface area contributed by atoms with Crippen molar-refractivity contribution >= 4 is 5.91 Å². The SMILES string of the molecule is C=C(/C=C1\C[C@H](O)C[C@@H](C(N)=O)C1)[C@@H](N)C(C)(C)C. The highest BCUT2D eigenvalue weighted by Gasteiger charge is 2.28. The second kappa shape index (κ2) is 5.88. The van der Waals surface area contributed by atoms with Gasteiger partial charge in [0.15, 0.2) is 0 Å². The van der Waals surface area contributed by atoms with Gasteiger partial charge in [0.2, 0.25) is 5.91 Å². The predicted molar refractivity (Wildman–Crippen MR) is 77.2 cm³/mol. The fraction of sp³-hybridized carbons (Fsp3) is 0.667. The highest BCUT2D eigenvalue weighted by Crippen LogP contribution is 2.31. The number of aliphatic hydroxyl groups is 1. The molecule has 0 unspecified atom stereocenters. The molecule has 0 aromatic rings. The molecule has 0 bridgehead atoms. The maximum atomic E-state index is 11.3. The van der Waals surface area contributed by atoms with Gasteiger partial charge in [-0.15, -0.1) is 0 Å². The molecule has 108 valence electrons. The van der Waals surface area contributed by atoms with Crippen LogP contribution in [0.5, 0.6) is 0 Å². The van der Waals surface area contributed by atoms with E-state index in [1.54, 1.807) is 0 Å². The molecule has 5 N–H and O–H groups in total. The van der Waals surface area contributed by atoms with Crippen molar-refractivity contribution in [1.29, 1.82) is 0 Å². The average molecular weight is 266 g/mol. The first-order valence-corrected chi connectivity index (χ1v) is 6.72. The monoisotopic (exact) mass is 266 g/mol. The lowest BCUT2D eigenvalue weighted by Crippen LogP contribution is -2.36. The van der Waals surface area contributed by atoms with Crippen LogP contribution >= 0.6 is 0 Å². The predicted octanol–water partition coefficient (Wildman–Crippen LogP) is 1.49. The Bertz CT molecular complexity index is 393. The van der Waals surface area contributed by atoms with Gasteiger partial charge >= 0.3 is 0 Å². The van der Waals surface area contributed by atoms with E-state index >= 15 is 0 Å². The largest absolute Gasteiger partial charge is 0.393 e. The standard InChI is InChI=1S/C15H26N2O2/c1-9(13(16)15(2,3)4)5-10-6-11(14(17)19)8-12(18)7-10/h5,11-13,18H,1,6-8,16H2,2-4H3,(H2,17,19)/b10-5-/t11-,12-,13+/m0/s1. The van der Waals surface area contributed by atoms with Crippen LogP contribution in [0.25, 0.3) is 0 Å². The van der Waals surface area contributed by atoms with Crippen LogP contribution in [0.1, 0.15) is 40.0 Å². The van der Waals surface area contributed by atoms with Crippen LogP contribution in [0.3, 0.4) is 0 Å². The van der Waals surface area contributed by atoms with Gasteiger partial charge in [-0.2, -0.15) is 0 Å². The third-order valence-corrected chi connectivity index (χ3v) is 3.69. The Kier molecular flexibility index (Phi) is 4.93. The summed E-state index contributed by atoms with van der Waals surface area (Å²) in [7, 11) is 0. The Labute approximate surface area is 115 Å². The van der Waals surface area contributed by atoms with Gasteiger partial charge in [-0.1, -0.05) is 39.0 Å². The molecule has 1 fully saturated rings. The van der Waals surface area contributed by atoms with Crippen molar-refractivity contribution in [3.05, 3.63) is 23.8 Å². The van der Waals surface area contributed by atoms with E-state index in [9.17, 15) is 9.90 Å². The number of aliphatic hydroxyl groups excluding tert-OH is 1. The van der Waals surface area contributed by atoms with Gasteiger partial charge in [0.05, 0.1) is 6.10 Å². The van der Waals surface area contributed by atoms with Crippen molar-refractivity contribution in [2.45, 2.75) is 52.2 Å². The smallest absolute Gasteiger partial charge is 0.220 e. The molecule has 0 heterocycles. The Morgan fingerprint density at radius 2 is 2.05 bits per heavy atom.